The smallest absolute Gasteiger partial charge is 0.264 e. The van der Waals surface area contributed by atoms with Crippen molar-refractivity contribution >= 4 is 46.2 Å². The van der Waals surface area contributed by atoms with Gasteiger partial charge < -0.3 is 5.32 Å². The van der Waals surface area contributed by atoms with Gasteiger partial charge in [0, 0.05) is 5.02 Å². The van der Waals surface area contributed by atoms with E-state index in [9.17, 15) is 4.79 Å². The Kier molecular flexibility index (Phi) is 4.32. The fourth-order valence-corrected chi connectivity index (χ4v) is 2.97. The molecule has 0 radical (unpaired) electrons. The summed E-state index contributed by atoms with van der Waals surface area (Å²) in [5.41, 5.74) is 2.80. The summed E-state index contributed by atoms with van der Waals surface area (Å²) in [6.07, 6.45) is 1.78. The number of carbonyl (C=O) groups excluding carboxylic acids is 1. The number of nitrogens with one attached hydrogen (secondary N) is 1. The summed E-state index contributed by atoms with van der Waals surface area (Å²) >= 11 is 7.43. The van der Waals surface area contributed by atoms with E-state index in [0.29, 0.717) is 15.1 Å². The first-order valence-corrected chi connectivity index (χ1v) is 7.92. The highest BCUT2D eigenvalue weighted by atomic mass is 35.5. The molecule has 1 fully saturated rings. The van der Waals surface area contributed by atoms with Crippen LogP contribution in [0.25, 0.3) is 6.08 Å². The number of halogens is 1. The van der Waals surface area contributed by atoms with Crippen LogP contribution < -0.4 is 5.32 Å². The van der Waals surface area contributed by atoms with Gasteiger partial charge >= 0.3 is 0 Å². The van der Waals surface area contributed by atoms with Crippen molar-refractivity contribution in [1.29, 1.82) is 0 Å². The van der Waals surface area contributed by atoms with Crippen molar-refractivity contribution in [3.05, 3.63) is 69.6 Å². The third kappa shape index (κ3) is 3.40. The van der Waals surface area contributed by atoms with Crippen molar-refractivity contribution in [2.45, 2.75) is 6.92 Å². The lowest BCUT2D eigenvalue weighted by Gasteiger charge is -1.97. The molecule has 1 N–H and O–H groups in total. The van der Waals surface area contributed by atoms with Gasteiger partial charge in [-0.2, -0.15) is 0 Å². The Hall–Kier alpha value is -2.04. The highest BCUT2D eigenvalue weighted by Gasteiger charge is 2.23. The van der Waals surface area contributed by atoms with E-state index in [2.05, 4.69) is 10.3 Å². The molecule has 0 atom stereocenters. The van der Waals surface area contributed by atoms with Gasteiger partial charge in [-0.25, -0.2) is 4.99 Å². The Morgan fingerprint density at radius 2 is 1.86 bits per heavy atom. The van der Waals surface area contributed by atoms with Crippen molar-refractivity contribution < 1.29 is 4.79 Å². The predicted molar refractivity (Wildman–Crippen MR) is 93.4 cm³/mol. The van der Waals surface area contributed by atoms with Gasteiger partial charge in [0.05, 0.1) is 10.6 Å². The second-order valence-electron chi connectivity index (χ2n) is 4.84. The molecule has 5 heteroatoms. The minimum Gasteiger partial charge on any atom is -0.300 e. The average Bonchev–Trinajstić information content (AvgIpc) is 2.84. The van der Waals surface area contributed by atoms with Crippen LogP contribution in [0, 0.1) is 6.92 Å². The largest absolute Gasteiger partial charge is 0.300 e. The van der Waals surface area contributed by atoms with Crippen LogP contribution in [-0.4, -0.2) is 11.1 Å². The maximum Gasteiger partial charge on any atom is 0.264 e. The summed E-state index contributed by atoms with van der Waals surface area (Å²) < 4.78 is 0. The number of hydrogen-bond acceptors (Lipinski definition) is 3. The minimum absolute atomic E-state index is 0.157. The number of thioether (sulfide) groups is 1. The second-order valence-corrected chi connectivity index (χ2v) is 6.28. The molecule has 1 heterocycles. The summed E-state index contributed by atoms with van der Waals surface area (Å²) in [6.45, 7) is 2.02. The van der Waals surface area contributed by atoms with Crippen LogP contribution in [0.5, 0.6) is 0 Å². The van der Waals surface area contributed by atoms with Gasteiger partial charge in [-0.05, 0) is 48.5 Å². The van der Waals surface area contributed by atoms with Crippen LogP contribution in [0.3, 0.4) is 0 Å². The summed E-state index contributed by atoms with van der Waals surface area (Å²) in [4.78, 5) is 17.0. The first-order chi connectivity index (χ1) is 10.6. The maximum absolute atomic E-state index is 12.0. The number of benzene rings is 2. The van der Waals surface area contributed by atoms with Gasteiger partial charge in [0.25, 0.3) is 5.91 Å². The van der Waals surface area contributed by atoms with Gasteiger partial charge in [0.2, 0.25) is 0 Å². The molecule has 1 amide bonds. The van der Waals surface area contributed by atoms with Crippen LogP contribution in [0.4, 0.5) is 5.69 Å². The number of aryl methyl sites for hydroxylation is 1. The first kappa shape index (κ1) is 14.9. The van der Waals surface area contributed by atoms with E-state index in [1.54, 1.807) is 12.1 Å². The Labute approximate surface area is 138 Å². The van der Waals surface area contributed by atoms with Gasteiger partial charge in [-0.15, -0.1) is 0 Å². The molecule has 0 unspecified atom stereocenters. The molecule has 1 saturated heterocycles. The molecule has 22 heavy (non-hydrogen) atoms. The van der Waals surface area contributed by atoms with Crippen LogP contribution in [0.1, 0.15) is 11.1 Å². The molecule has 2 aromatic carbocycles. The molecule has 1 aliphatic heterocycles. The quantitative estimate of drug-likeness (QED) is 0.822. The molecule has 0 spiro atoms. The van der Waals surface area contributed by atoms with Gasteiger partial charge in [-0.1, -0.05) is 47.5 Å². The number of amidine groups is 1. The van der Waals surface area contributed by atoms with Crippen LogP contribution in [0.15, 0.2) is 58.4 Å². The summed E-state index contributed by atoms with van der Waals surface area (Å²) in [6, 6.07) is 15.2. The molecule has 3 rings (SSSR count). The second kappa shape index (κ2) is 6.38. The van der Waals surface area contributed by atoms with Crippen molar-refractivity contribution in [1.82, 2.24) is 5.32 Å². The number of nitrogens with zero attached hydrogens (tertiary/aromatic N) is 1. The zero-order chi connectivity index (χ0) is 15.5. The van der Waals surface area contributed by atoms with E-state index >= 15 is 0 Å². The predicted octanol–water partition coefficient (Wildman–Crippen LogP) is 4.54. The summed E-state index contributed by atoms with van der Waals surface area (Å²) in [7, 11) is 0. The van der Waals surface area contributed by atoms with E-state index in [1.807, 2.05) is 49.4 Å². The van der Waals surface area contributed by atoms with E-state index in [-0.39, 0.29) is 5.91 Å². The Morgan fingerprint density at radius 3 is 2.59 bits per heavy atom. The van der Waals surface area contributed by atoms with Crippen LogP contribution in [-0.2, 0) is 4.79 Å². The van der Waals surface area contributed by atoms with Crippen molar-refractivity contribution in [2.75, 3.05) is 0 Å². The molecule has 0 aliphatic carbocycles. The highest BCUT2D eigenvalue weighted by molar-refractivity contribution is 8.18. The number of aliphatic imine (C=N–C) groups is 1. The monoisotopic (exact) mass is 328 g/mol. The molecule has 1 aliphatic rings. The lowest BCUT2D eigenvalue weighted by molar-refractivity contribution is -0.115. The fraction of sp³-hybridized carbons (Fsp3) is 0.0588. The zero-order valence-corrected chi connectivity index (χ0v) is 13.4. The summed E-state index contributed by atoms with van der Waals surface area (Å²) in [5, 5.41) is 3.96. The van der Waals surface area contributed by atoms with Crippen LogP contribution in [0.2, 0.25) is 5.02 Å². The van der Waals surface area contributed by atoms with E-state index in [1.165, 1.54) is 17.3 Å². The minimum atomic E-state index is -0.157. The Bertz CT molecular complexity index is 782. The number of hydrogen-bond donors (Lipinski definition) is 1. The molecule has 0 bridgehead atoms. The topological polar surface area (TPSA) is 41.5 Å². The molecule has 0 aromatic heterocycles. The number of amides is 1. The number of rotatable bonds is 2. The van der Waals surface area contributed by atoms with Gasteiger partial charge in [0.15, 0.2) is 5.17 Å². The molecular weight excluding hydrogens is 316 g/mol. The van der Waals surface area contributed by atoms with Crippen molar-refractivity contribution in [3.63, 3.8) is 0 Å². The molecule has 2 aromatic rings. The highest BCUT2D eigenvalue weighted by Crippen LogP contribution is 2.29. The Morgan fingerprint density at radius 1 is 1.14 bits per heavy atom. The van der Waals surface area contributed by atoms with Gasteiger partial charge in [0.1, 0.15) is 0 Å². The summed E-state index contributed by atoms with van der Waals surface area (Å²) in [5.74, 6) is -0.157. The Balaban J connectivity index is 1.84. The molecular formula is C17H13ClN2OS. The SMILES string of the molecule is Cc1ccc(N=C2NC(=O)/C(=C/c3ccccc3Cl)S2)cc1. The van der Waals surface area contributed by atoms with Crippen molar-refractivity contribution in [2.24, 2.45) is 4.99 Å². The standard InChI is InChI=1S/C17H13ClN2OS/c1-11-6-8-13(9-7-11)19-17-20-16(21)15(22-17)10-12-4-2-3-5-14(12)18/h2-10H,1H3,(H,19,20,21)/b15-10-. The molecule has 3 nitrogen and oxygen atoms in total. The van der Waals surface area contributed by atoms with Crippen molar-refractivity contribution in [3.8, 4) is 0 Å². The third-order valence-corrected chi connectivity index (χ3v) is 4.36. The van der Waals surface area contributed by atoms with E-state index in [4.69, 9.17) is 11.6 Å². The average molecular weight is 329 g/mol. The molecule has 0 saturated carbocycles. The lowest BCUT2D eigenvalue weighted by atomic mass is 10.2. The van der Waals surface area contributed by atoms with E-state index < -0.39 is 0 Å². The first-order valence-electron chi connectivity index (χ1n) is 6.72. The fourth-order valence-electron chi connectivity index (χ4n) is 1.95. The van der Waals surface area contributed by atoms with Gasteiger partial charge in [-0.3, -0.25) is 4.79 Å². The van der Waals surface area contributed by atoms with Crippen LogP contribution >= 0.6 is 23.4 Å². The van der Waals surface area contributed by atoms with E-state index in [0.717, 1.165) is 11.3 Å². The third-order valence-electron chi connectivity index (χ3n) is 3.11. The lowest BCUT2D eigenvalue weighted by Crippen LogP contribution is -2.19. The normalized spacial score (nSPS) is 18.0. The maximum atomic E-state index is 12.0. The number of carbonyl (C=O) groups is 1. The zero-order valence-electron chi connectivity index (χ0n) is 11.8. The molecule has 110 valence electrons.